The fraction of sp³-hybridized carbons (Fsp3) is 0.929. The fourth-order valence-electron chi connectivity index (χ4n) is 2.28. The molecule has 0 bridgehead atoms. The van der Waals surface area contributed by atoms with Gasteiger partial charge in [0.05, 0.1) is 6.10 Å². The third kappa shape index (κ3) is 6.84. The minimum atomic E-state index is -0.169. The second-order valence-corrected chi connectivity index (χ2v) is 6.57. The molecule has 1 saturated carbocycles. The Morgan fingerprint density at radius 1 is 1.22 bits per heavy atom. The van der Waals surface area contributed by atoms with E-state index < -0.39 is 0 Å². The monoisotopic (exact) mass is 256 g/mol. The van der Waals surface area contributed by atoms with E-state index in [-0.39, 0.29) is 18.2 Å². The highest BCUT2D eigenvalue weighted by molar-refractivity contribution is 5.74. The van der Waals surface area contributed by atoms with Crippen LogP contribution in [0, 0.1) is 5.41 Å². The number of rotatable bonds is 4. The minimum Gasteiger partial charge on any atom is -0.393 e. The predicted molar refractivity (Wildman–Crippen MR) is 73.5 cm³/mol. The van der Waals surface area contributed by atoms with Crippen LogP contribution < -0.4 is 10.6 Å². The molecular formula is C14H28N2O2. The normalized spacial score (nSPS) is 24.7. The molecule has 0 aromatic carbocycles. The molecule has 0 aliphatic heterocycles. The summed E-state index contributed by atoms with van der Waals surface area (Å²) in [5.74, 6) is 0. The highest BCUT2D eigenvalue weighted by atomic mass is 16.3. The topological polar surface area (TPSA) is 61.4 Å². The Labute approximate surface area is 111 Å². The number of hydrogen-bond acceptors (Lipinski definition) is 2. The van der Waals surface area contributed by atoms with Crippen LogP contribution in [0.3, 0.4) is 0 Å². The number of amides is 2. The maximum absolute atomic E-state index is 11.6. The van der Waals surface area contributed by atoms with Gasteiger partial charge in [0, 0.05) is 12.6 Å². The van der Waals surface area contributed by atoms with Crippen LogP contribution in [0.5, 0.6) is 0 Å². The lowest BCUT2D eigenvalue weighted by Crippen LogP contribution is -2.44. The molecule has 2 amide bonds. The predicted octanol–water partition coefficient (Wildman–Crippen LogP) is 2.42. The highest BCUT2D eigenvalue weighted by Gasteiger charge is 2.20. The van der Waals surface area contributed by atoms with Gasteiger partial charge in [-0.25, -0.2) is 4.79 Å². The molecule has 1 aliphatic carbocycles. The molecule has 0 atom stereocenters. The Morgan fingerprint density at radius 3 is 2.39 bits per heavy atom. The summed E-state index contributed by atoms with van der Waals surface area (Å²) in [5.41, 5.74) is 0.331. The maximum Gasteiger partial charge on any atom is 0.315 e. The lowest BCUT2D eigenvalue weighted by Gasteiger charge is -2.26. The lowest BCUT2D eigenvalue weighted by molar-refractivity contribution is 0.117. The van der Waals surface area contributed by atoms with Gasteiger partial charge in [-0.1, -0.05) is 20.8 Å². The molecule has 18 heavy (non-hydrogen) atoms. The van der Waals surface area contributed by atoms with E-state index >= 15 is 0 Å². The summed E-state index contributed by atoms with van der Waals surface area (Å²) in [5, 5.41) is 15.3. The van der Waals surface area contributed by atoms with Crippen LogP contribution in [0.25, 0.3) is 0 Å². The average molecular weight is 256 g/mol. The van der Waals surface area contributed by atoms with Crippen LogP contribution in [0.1, 0.15) is 59.3 Å². The van der Waals surface area contributed by atoms with Gasteiger partial charge in [0.15, 0.2) is 0 Å². The van der Waals surface area contributed by atoms with Crippen molar-refractivity contribution in [1.82, 2.24) is 10.6 Å². The van der Waals surface area contributed by atoms with Crippen molar-refractivity contribution in [2.75, 3.05) is 6.54 Å². The van der Waals surface area contributed by atoms with Crippen molar-refractivity contribution in [3.8, 4) is 0 Å². The van der Waals surface area contributed by atoms with Crippen molar-refractivity contribution < 1.29 is 9.90 Å². The first-order valence-corrected chi connectivity index (χ1v) is 7.09. The molecule has 3 N–H and O–H groups in total. The zero-order valence-electron chi connectivity index (χ0n) is 12.0. The smallest absolute Gasteiger partial charge is 0.315 e. The standard InChI is InChI=1S/C14H28N2O2/c1-14(2,3)9-4-10-15-13(18)16-11-5-7-12(17)8-6-11/h11-12,17H,4-10H2,1-3H3,(H2,15,16,18). The van der Waals surface area contributed by atoms with Crippen molar-refractivity contribution >= 4 is 6.03 Å². The Balaban J connectivity index is 2.07. The Hall–Kier alpha value is -0.770. The van der Waals surface area contributed by atoms with E-state index in [2.05, 4.69) is 31.4 Å². The van der Waals surface area contributed by atoms with Crippen molar-refractivity contribution in [3.63, 3.8) is 0 Å². The van der Waals surface area contributed by atoms with E-state index in [1.165, 1.54) is 0 Å². The van der Waals surface area contributed by atoms with Crippen LogP contribution in [0.15, 0.2) is 0 Å². The van der Waals surface area contributed by atoms with E-state index in [0.29, 0.717) is 5.41 Å². The molecule has 1 fully saturated rings. The summed E-state index contributed by atoms with van der Waals surface area (Å²) in [6.45, 7) is 7.36. The molecule has 4 nitrogen and oxygen atoms in total. The van der Waals surface area contributed by atoms with E-state index in [9.17, 15) is 9.90 Å². The summed E-state index contributed by atoms with van der Waals surface area (Å²) < 4.78 is 0. The number of nitrogens with one attached hydrogen (secondary N) is 2. The van der Waals surface area contributed by atoms with Gasteiger partial charge in [0.25, 0.3) is 0 Å². The Kier molecular flexibility index (Phi) is 5.93. The third-order valence-corrected chi connectivity index (χ3v) is 3.42. The molecule has 106 valence electrons. The van der Waals surface area contributed by atoms with E-state index in [0.717, 1.165) is 45.1 Å². The highest BCUT2D eigenvalue weighted by Crippen LogP contribution is 2.20. The van der Waals surface area contributed by atoms with Crippen molar-refractivity contribution in [2.45, 2.75) is 71.4 Å². The van der Waals surface area contributed by atoms with E-state index in [1.54, 1.807) is 0 Å². The minimum absolute atomic E-state index is 0.0645. The van der Waals surface area contributed by atoms with E-state index in [1.807, 2.05) is 0 Å². The molecule has 0 radical (unpaired) electrons. The van der Waals surface area contributed by atoms with Crippen molar-refractivity contribution in [1.29, 1.82) is 0 Å². The second kappa shape index (κ2) is 6.98. The average Bonchev–Trinajstić information content (AvgIpc) is 2.26. The quantitative estimate of drug-likeness (QED) is 0.676. The molecule has 0 aromatic rings. The molecule has 0 unspecified atom stereocenters. The lowest BCUT2D eigenvalue weighted by atomic mass is 9.91. The summed E-state index contributed by atoms with van der Waals surface area (Å²) >= 11 is 0. The number of carbonyl (C=O) groups is 1. The van der Waals surface area contributed by atoms with Gasteiger partial charge in [-0.15, -0.1) is 0 Å². The van der Waals surface area contributed by atoms with Gasteiger partial charge >= 0.3 is 6.03 Å². The van der Waals surface area contributed by atoms with Crippen molar-refractivity contribution in [3.05, 3.63) is 0 Å². The molecule has 0 heterocycles. The fourth-order valence-corrected chi connectivity index (χ4v) is 2.28. The maximum atomic E-state index is 11.6. The summed E-state index contributed by atoms with van der Waals surface area (Å²) in [6, 6.07) is 0.168. The van der Waals surface area contributed by atoms with Gasteiger partial charge in [-0.3, -0.25) is 0 Å². The van der Waals surface area contributed by atoms with Gasteiger partial charge in [0.1, 0.15) is 0 Å². The SMILES string of the molecule is CC(C)(C)CCCNC(=O)NC1CCC(O)CC1. The van der Waals surface area contributed by atoms with Crippen LogP contribution in [0.4, 0.5) is 4.79 Å². The zero-order valence-corrected chi connectivity index (χ0v) is 12.0. The summed E-state index contributed by atoms with van der Waals surface area (Å²) in [4.78, 5) is 11.6. The zero-order chi connectivity index (χ0) is 13.6. The Bertz CT molecular complexity index is 253. The Morgan fingerprint density at radius 2 is 1.83 bits per heavy atom. The second-order valence-electron chi connectivity index (χ2n) is 6.57. The van der Waals surface area contributed by atoms with Crippen LogP contribution >= 0.6 is 0 Å². The largest absolute Gasteiger partial charge is 0.393 e. The number of carbonyl (C=O) groups excluding carboxylic acids is 1. The molecule has 0 aromatic heterocycles. The van der Waals surface area contributed by atoms with Crippen LogP contribution in [-0.2, 0) is 0 Å². The molecular weight excluding hydrogens is 228 g/mol. The van der Waals surface area contributed by atoms with Gasteiger partial charge in [-0.05, 0) is 43.9 Å². The molecule has 4 heteroatoms. The first-order chi connectivity index (χ1) is 8.37. The molecule has 0 saturated heterocycles. The summed E-state index contributed by atoms with van der Waals surface area (Å²) in [7, 11) is 0. The number of hydrogen-bond donors (Lipinski definition) is 3. The van der Waals surface area contributed by atoms with Gasteiger partial charge in [-0.2, -0.15) is 0 Å². The molecule has 1 aliphatic rings. The van der Waals surface area contributed by atoms with Crippen LogP contribution in [-0.4, -0.2) is 29.8 Å². The van der Waals surface area contributed by atoms with Gasteiger partial charge < -0.3 is 15.7 Å². The van der Waals surface area contributed by atoms with Crippen LogP contribution in [0.2, 0.25) is 0 Å². The number of urea groups is 1. The summed E-state index contributed by atoms with van der Waals surface area (Å²) in [6.07, 6.45) is 5.33. The third-order valence-electron chi connectivity index (χ3n) is 3.42. The molecule has 1 rings (SSSR count). The van der Waals surface area contributed by atoms with Crippen molar-refractivity contribution in [2.24, 2.45) is 5.41 Å². The number of aliphatic hydroxyl groups is 1. The number of aliphatic hydroxyl groups excluding tert-OH is 1. The van der Waals surface area contributed by atoms with Gasteiger partial charge in [0.2, 0.25) is 0 Å². The first-order valence-electron chi connectivity index (χ1n) is 7.09. The van der Waals surface area contributed by atoms with E-state index in [4.69, 9.17) is 0 Å². The first kappa shape index (κ1) is 15.3. The molecule has 0 spiro atoms.